The van der Waals surface area contributed by atoms with Gasteiger partial charge in [-0.1, -0.05) is 12.1 Å². The molecule has 0 amide bonds. The average Bonchev–Trinajstić information content (AvgIpc) is 2.37. The highest BCUT2D eigenvalue weighted by Gasteiger charge is 2.21. The largest absolute Gasteiger partial charge is 0.382 e. The molecule has 1 aromatic heterocycles. The van der Waals surface area contributed by atoms with Gasteiger partial charge in [-0.15, -0.1) is 0 Å². The van der Waals surface area contributed by atoms with E-state index >= 15 is 0 Å². The molecule has 0 aliphatic rings. The van der Waals surface area contributed by atoms with Crippen LogP contribution in [0.1, 0.15) is 20.8 Å². The van der Waals surface area contributed by atoms with Crippen molar-refractivity contribution in [1.29, 1.82) is 0 Å². The zero-order valence-electron chi connectivity index (χ0n) is 12.2. The van der Waals surface area contributed by atoms with E-state index in [1.54, 1.807) is 51.2 Å². The van der Waals surface area contributed by atoms with E-state index in [0.29, 0.717) is 11.5 Å². The van der Waals surface area contributed by atoms with Crippen molar-refractivity contribution >= 4 is 15.8 Å². The zero-order valence-corrected chi connectivity index (χ0v) is 13.0. The van der Waals surface area contributed by atoms with Gasteiger partial charge in [0, 0.05) is 11.1 Å². The van der Waals surface area contributed by atoms with Crippen molar-refractivity contribution in [3.63, 3.8) is 0 Å². The molecule has 2 aromatic rings. The van der Waals surface area contributed by atoms with Gasteiger partial charge in [-0.2, -0.15) is 0 Å². The Hall–Kier alpha value is -1.99. The fourth-order valence-corrected chi connectivity index (χ4v) is 3.17. The molecular formula is C14H18N4O2S. The minimum Gasteiger partial charge on any atom is -0.382 e. The van der Waals surface area contributed by atoms with Crippen LogP contribution in [0.25, 0.3) is 11.3 Å². The van der Waals surface area contributed by atoms with Gasteiger partial charge < -0.3 is 5.73 Å². The van der Waals surface area contributed by atoms with E-state index in [1.165, 1.54) is 6.20 Å². The second kappa shape index (κ2) is 5.42. The highest BCUT2D eigenvalue weighted by atomic mass is 32.2. The molecule has 1 heterocycles. The molecule has 0 radical (unpaired) electrons. The van der Waals surface area contributed by atoms with Gasteiger partial charge in [0.25, 0.3) is 0 Å². The van der Waals surface area contributed by atoms with Crippen molar-refractivity contribution in [3.8, 4) is 11.3 Å². The number of benzene rings is 1. The maximum absolute atomic E-state index is 12.2. The Labute approximate surface area is 124 Å². The first kappa shape index (κ1) is 15.4. The summed E-state index contributed by atoms with van der Waals surface area (Å²) in [6.45, 7) is 5.38. The van der Waals surface area contributed by atoms with E-state index in [9.17, 15) is 8.42 Å². The second-order valence-corrected chi connectivity index (χ2v) is 7.39. The highest BCUT2D eigenvalue weighted by molar-refractivity contribution is 7.89. The maximum atomic E-state index is 12.2. The van der Waals surface area contributed by atoms with Gasteiger partial charge in [0.2, 0.25) is 10.0 Å². The molecule has 0 unspecified atom stereocenters. The molecule has 0 fully saturated rings. The molecule has 1 aromatic carbocycles. The third-order valence-electron chi connectivity index (χ3n) is 2.57. The summed E-state index contributed by atoms with van der Waals surface area (Å²) in [4.78, 5) is 8.32. The number of hydrogen-bond acceptors (Lipinski definition) is 5. The molecule has 6 nitrogen and oxygen atoms in total. The first-order valence-corrected chi connectivity index (χ1v) is 7.88. The predicted molar refractivity (Wildman–Crippen MR) is 82.0 cm³/mol. The van der Waals surface area contributed by atoms with Crippen molar-refractivity contribution < 1.29 is 8.42 Å². The molecule has 0 aliphatic carbocycles. The van der Waals surface area contributed by atoms with Crippen molar-refractivity contribution in [3.05, 3.63) is 36.7 Å². The summed E-state index contributed by atoms with van der Waals surface area (Å²) in [5.74, 6) is 0.340. The maximum Gasteiger partial charge on any atom is 0.241 e. The lowest BCUT2D eigenvalue weighted by atomic mass is 10.1. The first-order valence-electron chi connectivity index (χ1n) is 6.39. The molecule has 0 spiro atoms. The molecule has 0 saturated heterocycles. The fraction of sp³-hybridized carbons (Fsp3) is 0.286. The monoisotopic (exact) mass is 306 g/mol. The number of nitrogens with two attached hydrogens (primary N) is 1. The zero-order chi connectivity index (χ0) is 15.7. The number of nitrogens with zero attached hydrogens (tertiary/aromatic N) is 2. The number of aromatic nitrogens is 2. The Morgan fingerprint density at radius 1 is 1.05 bits per heavy atom. The first-order chi connectivity index (χ1) is 9.67. The van der Waals surface area contributed by atoms with E-state index in [-0.39, 0.29) is 4.90 Å². The molecule has 0 saturated carbocycles. The third kappa shape index (κ3) is 3.99. The summed E-state index contributed by atoms with van der Waals surface area (Å²) in [6, 6.07) is 6.47. The van der Waals surface area contributed by atoms with Gasteiger partial charge in [0.1, 0.15) is 5.82 Å². The Balaban J connectivity index is 2.29. The van der Waals surface area contributed by atoms with Crippen LogP contribution in [0, 0.1) is 0 Å². The standard InChI is InChI=1S/C14H18N4O2S/c1-14(2,3)18-21(19,20)11-6-4-10(5-7-11)12-8-17-13(15)9-16-12/h4-9,18H,1-3H3,(H2,15,17). The Morgan fingerprint density at radius 2 is 1.67 bits per heavy atom. The van der Waals surface area contributed by atoms with Crippen LogP contribution in [0.15, 0.2) is 41.6 Å². The van der Waals surface area contributed by atoms with Crippen LogP contribution in [0.4, 0.5) is 5.82 Å². The van der Waals surface area contributed by atoms with Gasteiger partial charge >= 0.3 is 0 Å². The van der Waals surface area contributed by atoms with E-state index < -0.39 is 15.6 Å². The Bertz CT molecular complexity index is 717. The number of rotatable bonds is 3. The van der Waals surface area contributed by atoms with Gasteiger partial charge in [0.15, 0.2) is 0 Å². The van der Waals surface area contributed by atoms with Gasteiger partial charge in [-0.3, -0.25) is 4.98 Å². The van der Waals surface area contributed by atoms with Crippen LogP contribution in [0.5, 0.6) is 0 Å². The van der Waals surface area contributed by atoms with Crippen molar-refractivity contribution in [2.75, 3.05) is 5.73 Å². The lowest BCUT2D eigenvalue weighted by molar-refractivity contribution is 0.491. The van der Waals surface area contributed by atoms with Crippen molar-refractivity contribution in [2.45, 2.75) is 31.2 Å². The molecule has 112 valence electrons. The van der Waals surface area contributed by atoms with Crippen LogP contribution in [-0.4, -0.2) is 23.9 Å². The Morgan fingerprint density at radius 3 is 2.14 bits per heavy atom. The average molecular weight is 306 g/mol. The number of sulfonamides is 1. The highest BCUT2D eigenvalue weighted by Crippen LogP contribution is 2.20. The van der Waals surface area contributed by atoms with E-state index in [4.69, 9.17) is 5.73 Å². The van der Waals surface area contributed by atoms with Gasteiger partial charge in [0.05, 0.1) is 23.0 Å². The lowest BCUT2D eigenvalue weighted by Crippen LogP contribution is -2.40. The number of anilines is 1. The molecule has 0 atom stereocenters. The molecule has 3 N–H and O–H groups in total. The summed E-state index contributed by atoms with van der Waals surface area (Å²) < 4.78 is 27.0. The van der Waals surface area contributed by atoms with E-state index in [0.717, 1.165) is 5.56 Å². The fourth-order valence-electron chi connectivity index (χ4n) is 1.75. The van der Waals surface area contributed by atoms with Crippen LogP contribution in [0.3, 0.4) is 0 Å². The number of hydrogen-bond donors (Lipinski definition) is 2. The van der Waals surface area contributed by atoms with Crippen molar-refractivity contribution in [1.82, 2.24) is 14.7 Å². The van der Waals surface area contributed by atoms with Crippen LogP contribution >= 0.6 is 0 Å². The molecule has 7 heteroatoms. The van der Waals surface area contributed by atoms with Crippen LogP contribution in [0.2, 0.25) is 0 Å². The summed E-state index contributed by atoms with van der Waals surface area (Å²) in [5.41, 5.74) is 6.37. The Kier molecular flexibility index (Phi) is 3.97. The van der Waals surface area contributed by atoms with Crippen LogP contribution in [-0.2, 0) is 10.0 Å². The van der Waals surface area contributed by atoms with E-state index in [1.807, 2.05) is 0 Å². The number of nitrogens with one attached hydrogen (secondary N) is 1. The van der Waals surface area contributed by atoms with E-state index in [2.05, 4.69) is 14.7 Å². The molecule has 0 aliphatic heterocycles. The third-order valence-corrected chi connectivity index (χ3v) is 4.35. The minimum atomic E-state index is -3.53. The topological polar surface area (TPSA) is 98.0 Å². The lowest BCUT2D eigenvalue weighted by Gasteiger charge is -2.20. The molecular weight excluding hydrogens is 288 g/mol. The predicted octanol–water partition coefficient (Wildman–Crippen LogP) is 1.80. The molecule has 21 heavy (non-hydrogen) atoms. The summed E-state index contributed by atoms with van der Waals surface area (Å²) in [7, 11) is -3.53. The van der Waals surface area contributed by atoms with Crippen molar-refractivity contribution in [2.24, 2.45) is 0 Å². The molecule has 0 bridgehead atoms. The number of nitrogen functional groups attached to an aromatic ring is 1. The SMILES string of the molecule is CC(C)(C)NS(=O)(=O)c1ccc(-c2cnc(N)cn2)cc1. The van der Waals surface area contributed by atoms with Gasteiger partial charge in [-0.05, 0) is 32.9 Å². The normalized spacial score (nSPS) is 12.3. The van der Waals surface area contributed by atoms with Crippen LogP contribution < -0.4 is 10.5 Å². The minimum absolute atomic E-state index is 0.213. The smallest absolute Gasteiger partial charge is 0.241 e. The quantitative estimate of drug-likeness (QED) is 0.901. The summed E-state index contributed by atoms with van der Waals surface area (Å²) in [6.07, 6.45) is 3.01. The van der Waals surface area contributed by atoms with Gasteiger partial charge in [-0.25, -0.2) is 18.1 Å². The summed E-state index contributed by atoms with van der Waals surface area (Å²) >= 11 is 0. The second-order valence-electron chi connectivity index (χ2n) is 5.71. The summed E-state index contributed by atoms with van der Waals surface area (Å²) in [5, 5.41) is 0. The molecule has 2 rings (SSSR count).